The molecule has 0 radical (unpaired) electrons. The average Bonchev–Trinajstić information content (AvgIpc) is 2.95. The smallest absolute Gasteiger partial charge is 0.271 e. The van der Waals surface area contributed by atoms with Gasteiger partial charge in [-0.3, -0.25) is 9.59 Å². The fourth-order valence-electron chi connectivity index (χ4n) is 2.78. The molecule has 3 rings (SSSR count). The van der Waals surface area contributed by atoms with Crippen LogP contribution in [0.25, 0.3) is 0 Å². The number of hydrogen-bond donors (Lipinski definition) is 2. The lowest BCUT2D eigenvalue weighted by Crippen LogP contribution is -2.44. The molecule has 1 atom stereocenters. The highest BCUT2D eigenvalue weighted by atomic mass is 16.2. The van der Waals surface area contributed by atoms with E-state index in [4.69, 9.17) is 11.5 Å². The van der Waals surface area contributed by atoms with Gasteiger partial charge in [0.15, 0.2) is 0 Å². The topological polar surface area (TPSA) is 94.3 Å². The number of anilines is 1. The predicted octanol–water partition coefficient (Wildman–Crippen LogP) is 0.495. The Balaban J connectivity index is 1.89. The van der Waals surface area contributed by atoms with E-state index < -0.39 is 11.9 Å². The number of aromatic nitrogens is 1. The Morgan fingerprint density at radius 2 is 2.00 bits per heavy atom. The van der Waals surface area contributed by atoms with Crippen LogP contribution in [-0.4, -0.2) is 33.9 Å². The summed E-state index contributed by atoms with van der Waals surface area (Å²) < 4.78 is 1.94. The van der Waals surface area contributed by atoms with Crippen molar-refractivity contribution in [2.45, 2.75) is 37.8 Å². The van der Waals surface area contributed by atoms with Gasteiger partial charge < -0.3 is 20.9 Å². The molecular weight excluding hydrogens is 244 g/mol. The van der Waals surface area contributed by atoms with E-state index >= 15 is 0 Å². The lowest BCUT2D eigenvalue weighted by Gasteiger charge is -2.22. The molecule has 6 heteroatoms. The molecule has 1 saturated heterocycles. The third-order valence-electron chi connectivity index (χ3n) is 3.87. The van der Waals surface area contributed by atoms with E-state index in [0.29, 0.717) is 30.4 Å². The summed E-state index contributed by atoms with van der Waals surface area (Å²) in [4.78, 5) is 25.5. The van der Waals surface area contributed by atoms with E-state index in [1.807, 2.05) is 4.57 Å². The highest BCUT2D eigenvalue weighted by Crippen LogP contribution is 2.37. The van der Waals surface area contributed by atoms with Crippen LogP contribution in [0.15, 0.2) is 12.3 Å². The van der Waals surface area contributed by atoms with Gasteiger partial charge in [0.05, 0.1) is 5.69 Å². The van der Waals surface area contributed by atoms with Crippen LogP contribution in [0.2, 0.25) is 0 Å². The van der Waals surface area contributed by atoms with Crippen molar-refractivity contribution < 1.29 is 9.59 Å². The number of primary amides is 1. The highest BCUT2D eigenvalue weighted by molar-refractivity contribution is 5.97. The maximum atomic E-state index is 12.6. The molecule has 6 nitrogen and oxygen atoms in total. The van der Waals surface area contributed by atoms with Crippen molar-refractivity contribution in [1.82, 2.24) is 9.47 Å². The monoisotopic (exact) mass is 262 g/mol. The predicted molar refractivity (Wildman–Crippen MR) is 70.4 cm³/mol. The van der Waals surface area contributed by atoms with Crippen LogP contribution in [0.1, 0.15) is 42.2 Å². The van der Waals surface area contributed by atoms with Crippen LogP contribution >= 0.6 is 0 Å². The molecule has 2 aliphatic rings. The number of hydrogen-bond acceptors (Lipinski definition) is 3. The van der Waals surface area contributed by atoms with Crippen molar-refractivity contribution in [2.24, 2.45) is 5.73 Å². The fourth-order valence-corrected chi connectivity index (χ4v) is 2.78. The molecular formula is C13H18N4O2. The average molecular weight is 262 g/mol. The zero-order valence-electron chi connectivity index (χ0n) is 10.7. The SMILES string of the molecule is NC(=O)C1CCCN1C(=O)c1cc(N)cn1C1CC1. The Morgan fingerprint density at radius 1 is 1.26 bits per heavy atom. The molecule has 1 unspecified atom stereocenters. The molecule has 0 aromatic carbocycles. The van der Waals surface area contributed by atoms with Crippen molar-refractivity contribution in [1.29, 1.82) is 0 Å². The van der Waals surface area contributed by atoms with Gasteiger partial charge in [0.25, 0.3) is 5.91 Å². The standard InChI is InChI=1S/C13H18N4O2/c14-8-6-11(17(7-8)9-3-4-9)13(19)16-5-1-2-10(16)12(15)18/h6-7,9-10H,1-5,14H2,(H2,15,18). The minimum atomic E-state index is -0.476. The number of carbonyl (C=O) groups excluding carboxylic acids is 2. The molecule has 0 spiro atoms. The first-order chi connectivity index (χ1) is 9.08. The fraction of sp³-hybridized carbons (Fsp3) is 0.538. The number of carbonyl (C=O) groups is 2. The molecule has 102 valence electrons. The van der Waals surface area contributed by atoms with Crippen LogP contribution in [0.5, 0.6) is 0 Å². The zero-order valence-corrected chi connectivity index (χ0v) is 10.7. The van der Waals surface area contributed by atoms with E-state index in [9.17, 15) is 9.59 Å². The molecule has 2 heterocycles. The molecule has 2 fully saturated rings. The van der Waals surface area contributed by atoms with Crippen LogP contribution in [0.4, 0.5) is 5.69 Å². The van der Waals surface area contributed by atoms with Gasteiger partial charge in [-0.1, -0.05) is 0 Å². The Kier molecular flexibility index (Phi) is 2.73. The van der Waals surface area contributed by atoms with Gasteiger partial charge in [-0.2, -0.15) is 0 Å². The third kappa shape index (κ3) is 2.07. The molecule has 1 aliphatic carbocycles. The van der Waals surface area contributed by atoms with E-state index in [0.717, 1.165) is 19.3 Å². The van der Waals surface area contributed by atoms with E-state index in [1.165, 1.54) is 0 Å². The molecule has 4 N–H and O–H groups in total. The van der Waals surface area contributed by atoms with Gasteiger partial charge >= 0.3 is 0 Å². The van der Waals surface area contributed by atoms with Crippen molar-refractivity contribution in [3.05, 3.63) is 18.0 Å². The van der Waals surface area contributed by atoms with Crippen molar-refractivity contribution in [3.8, 4) is 0 Å². The molecule has 19 heavy (non-hydrogen) atoms. The largest absolute Gasteiger partial charge is 0.397 e. The second kappa shape index (κ2) is 4.29. The summed E-state index contributed by atoms with van der Waals surface area (Å²) in [6.07, 6.45) is 5.43. The van der Waals surface area contributed by atoms with E-state index in [1.54, 1.807) is 17.2 Å². The number of likely N-dealkylation sites (tertiary alicyclic amines) is 1. The second-order valence-electron chi connectivity index (χ2n) is 5.36. The summed E-state index contributed by atoms with van der Waals surface area (Å²) in [5, 5.41) is 0. The van der Waals surface area contributed by atoms with Gasteiger partial charge in [0.1, 0.15) is 11.7 Å². The molecule has 1 aromatic rings. The number of nitrogen functional groups attached to an aromatic ring is 1. The van der Waals surface area contributed by atoms with Crippen molar-refractivity contribution >= 4 is 17.5 Å². The quantitative estimate of drug-likeness (QED) is 0.830. The Labute approximate surface area is 111 Å². The molecule has 1 saturated carbocycles. The van der Waals surface area contributed by atoms with Gasteiger partial charge in [0, 0.05) is 18.8 Å². The van der Waals surface area contributed by atoms with E-state index in [2.05, 4.69) is 0 Å². The minimum absolute atomic E-state index is 0.134. The normalized spacial score (nSPS) is 22.7. The highest BCUT2D eigenvalue weighted by Gasteiger charge is 2.36. The first-order valence-corrected chi connectivity index (χ1v) is 6.65. The molecule has 2 amide bonds. The zero-order chi connectivity index (χ0) is 13.6. The number of rotatable bonds is 3. The lowest BCUT2D eigenvalue weighted by atomic mass is 10.2. The summed E-state index contributed by atoms with van der Waals surface area (Å²) in [6, 6.07) is 1.60. The van der Waals surface area contributed by atoms with Gasteiger partial charge in [-0.25, -0.2) is 0 Å². The Hall–Kier alpha value is -1.98. The van der Waals surface area contributed by atoms with Crippen molar-refractivity contribution in [3.63, 3.8) is 0 Å². The Morgan fingerprint density at radius 3 is 2.63 bits per heavy atom. The van der Waals surface area contributed by atoms with Crippen LogP contribution < -0.4 is 11.5 Å². The summed E-state index contributed by atoms with van der Waals surface area (Å²) in [5.74, 6) is -0.562. The van der Waals surface area contributed by atoms with Crippen molar-refractivity contribution in [2.75, 3.05) is 12.3 Å². The summed E-state index contributed by atoms with van der Waals surface area (Å²) in [6.45, 7) is 0.586. The van der Waals surface area contributed by atoms with Crippen LogP contribution in [0, 0.1) is 0 Å². The lowest BCUT2D eigenvalue weighted by molar-refractivity contribution is -0.121. The number of nitrogens with zero attached hydrogens (tertiary/aromatic N) is 2. The molecule has 1 aromatic heterocycles. The summed E-state index contributed by atoms with van der Waals surface area (Å²) in [7, 11) is 0. The molecule has 1 aliphatic heterocycles. The first kappa shape index (κ1) is 12.1. The summed E-state index contributed by atoms with van der Waals surface area (Å²) >= 11 is 0. The van der Waals surface area contributed by atoms with Crippen LogP contribution in [0.3, 0.4) is 0 Å². The van der Waals surface area contributed by atoms with Gasteiger partial charge in [-0.15, -0.1) is 0 Å². The van der Waals surface area contributed by atoms with Crippen LogP contribution in [-0.2, 0) is 4.79 Å². The maximum absolute atomic E-state index is 12.6. The van der Waals surface area contributed by atoms with Gasteiger partial charge in [0.2, 0.25) is 5.91 Å². The summed E-state index contributed by atoms with van der Waals surface area (Å²) in [5.41, 5.74) is 12.3. The second-order valence-corrected chi connectivity index (χ2v) is 5.36. The first-order valence-electron chi connectivity index (χ1n) is 6.65. The number of nitrogens with two attached hydrogens (primary N) is 2. The minimum Gasteiger partial charge on any atom is -0.397 e. The van der Waals surface area contributed by atoms with E-state index in [-0.39, 0.29) is 5.91 Å². The maximum Gasteiger partial charge on any atom is 0.271 e. The Bertz CT molecular complexity index is 533. The van der Waals surface area contributed by atoms with Gasteiger partial charge in [-0.05, 0) is 31.7 Å². The molecule has 0 bridgehead atoms. The number of amides is 2. The third-order valence-corrected chi connectivity index (χ3v) is 3.87.